The molecule has 0 saturated carbocycles. The van der Waals surface area contributed by atoms with E-state index in [0.717, 1.165) is 19.1 Å². The van der Waals surface area contributed by atoms with Gasteiger partial charge in [0.1, 0.15) is 0 Å². The van der Waals surface area contributed by atoms with Gasteiger partial charge in [0.25, 0.3) is 0 Å². The van der Waals surface area contributed by atoms with Crippen LogP contribution in [0.4, 0.5) is 0 Å². The van der Waals surface area contributed by atoms with Crippen molar-refractivity contribution in [3.05, 3.63) is 0 Å². The predicted molar refractivity (Wildman–Crippen MR) is 74.3 cm³/mol. The Kier molecular flexibility index (Phi) is 5.94. The topological polar surface area (TPSA) is 21.3 Å². The first kappa shape index (κ1) is 15.0. The SMILES string of the molecule is CCC(CC)CC1(CNC(C)C)CCOC1C. The number of rotatable bonds is 7. The molecule has 0 spiro atoms. The highest BCUT2D eigenvalue weighted by atomic mass is 16.5. The second-order valence-electron chi connectivity index (χ2n) is 6.05. The van der Waals surface area contributed by atoms with Crippen molar-refractivity contribution in [2.75, 3.05) is 13.2 Å². The van der Waals surface area contributed by atoms with Gasteiger partial charge in [0.05, 0.1) is 6.10 Å². The van der Waals surface area contributed by atoms with Crippen molar-refractivity contribution in [3.63, 3.8) is 0 Å². The van der Waals surface area contributed by atoms with E-state index >= 15 is 0 Å². The molecule has 0 aromatic carbocycles. The van der Waals surface area contributed by atoms with Gasteiger partial charge in [0, 0.05) is 24.6 Å². The lowest BCUT2D eigenvalue weighted by atomic mass is 9.73. The summed E-state index contributed by atoms with van der Waals surface area (Å²) in [6, 6.07) is 0.571. The summed E-state index contributed by atoms with van der Waals surface area (Å²) in [5.41, 5.74) is 0.376. The fourth-order valence-corrected chi connectivity index (χ4v) is 2.95. The molecule has 2 nitrogen and oxygen atoms in total. The Labute approximate surface area is 108 Å². The van der Waals surface area contributed by atoms with Gasteiger partial charge >= 0.3 is 0 Å². The third-order valence-corrected chi connectivity index (χ3v) is 4.54. The van der Waals surface area contributed by atoms with Gasteiger partial charge in [-0.05, 0) is 25.7 Å². The largest absolute Gasteiger partial charge is 0.378 e. The van der Waals surface area contributed by atoms with Crippen LogP contribution in [-0.4, -0.2) is 25.3 Å². The van der Waals surface area contributed by atoms with Crippen molar-refractivity contribution in [2.24, 2.45) is 11.3 Å². The van der Waals surface area contributed by atoms with E-state index < -0.39 is 0 Å². The smallest absolute Gasteiger partial charge is 0.0616 e. The molecule has 2 atom stereocenters. The molecule has 1 fully saturated rings. The van der Waals surface area contributed by atoms with Crippen LogP contribution in [-0.2, 0) is 4.74 Å². The lowest BCUT2D eigenvalue weighted by Crippen LogP contribution is -2.43. The molecule has 1 aliphatic rings. The third-order valence-electron chi connectivity index (χ3n) is 4.54. The highest BCUT2D eigenvalue weighted by Gasteiger charge is 2.42. The van der Waals surface area contributed by atoms with Gasteiger partial charge in [-0.2, -0.15) is 0 Å². The molecule has 1 saturated heterocycles. The first-order chi connectivity index (χ1) is 8.04. The van der Waals surface area contributed by atoms with Gasteiger partial charge in [-0.1, -0.05) is 40.5 Å². The lowest BCUT2D eigenvalue weighted by Gasteiger charge is -2.36. The van der Waals surface area contributed by atoms with Gasteiger partial charge in [0.2, 0.25) is 0 Å². The van der Waals surface area contributed by atoms with Gasteiger partial charge in [0.15, 0.2) is 0 Å². The van der Waals surface area contributed by atoms with E-state index in [1.807, 2.05) is 0 Å². The molecule has 2 unspecified atom stereocenters. The average molecular weight is 241 g/mol. The summed E-state index contributed by atoms with van der Waals surface area (Å²) in [5.74, 6) is 0.855. The summed E-state index contributed by atoms with van der Waals surface area (Å²) < 4.78 is 5.85. The third kappa shape index (κ3) is 3.96. The Bertz CT molecular complexity index is 213. The zero-order chi connectivity index (χ0) is 12.9. The normalized spacial score (nSPS) is 29.5. The van der Waals surface area contributed by atoms with Crippen molar-refractivity contribution >= 4 is 0 Å². The minimum atomic E-state index is 0.376. The van der Waals surface area contributed by atoms with Crippen LogP contribution in [0.5, 0.6) is 0 Å². The van der Waals surface area contributed by atoms with Crippen LogP contribution < -0.4 is 5.32 Å². The number of hydrogen-bond acceptors (Lipinski definition) is 2. The Hall–Kier alpha value is -0.0800. The molecule has 1 N–H and O–H groups in total. The van der Waals surface area contributed by atoms with E-state index in [1.165, 1.54) is 25.7 Å². The Morgan fingerprint density at radius 3 is 2.35 bits per heavy atom. The van der Waals surface area contributed by atoms with E-state index in [4.69, 9.17) is 4.74 Å². The molecule has 0 aromatic heterocycles. The van der Waals surface area contributed by atoms with Gasteiger partial charge in [-0.15, -0.1) is 0 Å². The zero-order valence-corrected chi connectivity index (χ0v) is 12.4. The van der Waals surface area contributed by atoms with Crippen molar-refractivity contribution in [1.29, 1.82) is 0 Å². The van der Waals surface area contributed by atoms with E-state index in [-0.39, 0.29) is 0 Å². The maximum atomic E-state index is 5.85. The van der Waals surface area contributed by atoms with Gasteiger partial charge in [-0.3, -0.25) is 0 Å². The van der Waals surface area contributed by atoms with Crippen LogP contribution in [0.25, 0.3) is 0 Å². The van der Waals surface area contributed by atoms with Crippen LogP contribution in [0.1, 0.15) is 60.3 Å². The molecule has 0 amide bonds. The van der Waals surface area contributed by atoms with Crippen molar-refractivity contribution in [2.45, 2.75) is 72.4 Å². The highest BCUT2D eigenvalue weighted by molar-refractivity contribution is 4.93. The summed E-state index contributed by atoms with van der Waals surface area (Å²) in [5, 5.41) is 3.63. The maximum absolute atomic E-state index is 5.85. The standard InChI is InChI=1S/C15H31NO/c1-6-14(7-2)10-15(11-16-12(3)4)8-9-17-13(15)5/h12-14,16H,6-11H2,1-5H3. The summed E-state index contributed by atoms with van der Waals surface area (Å²) in [4.78, 5) is 0. The van der Waals surface area contributed by atoms with Crippen LogP contribution in [0.15, 0.2) is 0 Å². The van der Waals surface area contributed by atoms with Crippen LogP contribution in [0.3, 0.4) is 0 Å². The Morgan fingerprint density at radius 1 is 1.29 bits per heavy atom. The first-order valence-corrected chi connectivity index (χ1v) is 7.39. The molecule has 102 valence electrons. The van der Waals surface area contributed by atoms with Crippen molar-refractivity contribution in [1.82, 2.24) is 5.32 Å². The molecule has 1 heterocycles. The van der Waals surface area contributed by atoms with Crippen molar-refractivity contribution < 1.29 is 4.74 Å². The van der Waals surface area contributed by atoms with Crippen LogP contribution in [0, 0.1) is 11.3 Å². The lowest BCUT2D eigenvalue weighted by molar-refractivity contribution is 0.0471. The summed E-state index contributed by atoms with van der Waals surface area (Å²) >= 11 is 0. The molecule has 1 aliphatic heterocycles. The minimum absolute atomic E-state index is 0.376. The monoisotopic (exact) mass is 241 g/mol. The molecule has 2 heteroatoms. The Balaban J connectivity index is 2.65. The van der Waals surface area contributed by atoms with Gasteiger partial charge < -0.3 is 10.1 Å². The number of ether oxygens (including phenoxy) is 1. The highest BCUT2D eigenvalue weighted by Crippen LogP contribution is 2.41. The van der Waals surface area contributed by atoms with Gasteiger partial charge in [-0.25, -0.2) is 0 Å². The minimum Gasteiger partial charge on any atom is -0.378 e. The molecule has 0 radical (unpaired) electrons. The molecule has 0 aromatic rings. The zero-order valence-electron chi connectivity index (χ0n) is 12.4. The molecular formula is C15H31NO. The summed E-state index contributed by atoms with van der Waals surface area (Å²) in [6.45, 7) is 13.4. The van der Waals surface area contributed by atoms with Crippen LogP contribution >= 0.6 is 0 Å². The van der Waals surface area contributed by atoms with E-state index in [9.17, 15) is 0 Å². The second-order valence-corrected chi connectivity index (χ2v) is 6.05. The fraction of sp³-hybridized carbons (Fsp3) is 1.00. The first-order valence-electron chi connectivity index (χ1n) is 7.39. The number of hydrogen-bond donors (Lipinski definition) is 1. The van der Waals surface area contributed by atoms with Crippen LogP contribution in [0.2, 0.25) is 0 Å². The average Bonchev–Trinajstić information content (AvgIpc) is 2.66. The molecule has 0 aliphatic carbocycles. The van der Waals surface area contributed by atoms with E-state index in [2.05, 4.69) is 39.9 Å². The van der Waals surface area contributed by atoms with E-state index in [1.54, 1.807) is 0 Å². The molecule has 0 bridgehead atoms. The summed E-state index contributed by atoms with van der Waals surface area (Å²) in [7, 11) is 0. The quantitative estimate of drug-likeness (QED) is 0.735. The molecule has 1 rings (SSSR count). The fourth-order valence-electron chi connectivity index (χ4n) is 2.95. The Morgan fingerprint density at radius 2 is 1.94 bits per heavy atom. The predicted octanol–water partition coefficient (Wildman–Crippen LogP) is 3.61. The second kappa shape index (κ2) is 6.75. The molecular weight excluding hydrogens is 210 g/mol. The molecule has 17 heavy (non-hydrogen) atoms. The summed E-state index contributed by atoms with van der Waals surface area (Å²) in [6.07, 6.45) is 5.55. The maximum Gasteiger partial charge on any atom is 0.0616 e. The van der Waals surface area contributed by atoms with Crippen molar-refractivity contribution in [3.8, 4) is 0 Å². The van der Waals surface area contributed by atoms with E-state index in [0.29, 0.717) is 17.6 Å². The number of nitrogens with one attached hydrogen (secondary N) is 1.